The van der Waals surface area contributed by atoms with E-state index in [1.54, 1.807) is 21.0 Å². The Balaban J connectivity index is 2.06. The minimum Gasteiger partial charge on any atom is -0.379 e. The highest BCUT2D eigenvalue weighted by Crippen LogP contribution is 2.19. The van der Waals surface area contributed by atoms with Crippen LogP contribution in [0.2, 0.25) is 0 Å². The van der Waals surface area contributed by atoms with Crippen LogP contribution >= 0.6 is 0 Å². The standard InChI is InChI=1S/C25H44N4O8/c1-19(26)25(4,37-14-10-24(2,3)34-5)23(33)28-12-16-36-18-17-35-15-11-27-20(30)7-6-13-29-21(31)8-9-22(29)32/h8-9,19H,6-7,10-18,26H2,1-5H3,(H,27,30)(H,28,33). The Bertz CT molecular complexity index is 769. The second-order valence-corrected chi connectivity index (χ2v) is 9.55. The van der Waals surface area contributed by atoms with Crippen LogP contribution in [0.25, 0.3) is 0 Å². The molecule has 37 heavy (non-hydrogen) atoms. The van der Waals surface area contributed by atoms with Gasteiger partial charge in [0.15, 0.2) is 5.60 Å². The molecule has 12 heteroatoms. The number of ether oxygens (including phenoxy) is 4. The Labute approximate surface area is 219 Å². The van der Waals surface area contributed by atoms with Gasteiger partial charge in [0, 0.05) is 51.4 Å². The molecule has 0 aromatic heterocycles. The highest BCUT2D eigenvalue weighted by atomic mass is 16.5. The first kappa shape index (κ1) is 32.6. The number of imide groups is 1. The van der Waals surface area contributed by atoms with E-state index in [0.29, 0.717) is 59.0 Å². The number of nitrogens with one attached hydrogen (secondary N) is 2. The van der Waals surface area contributed by atoms with Crippen molar-refractivity contribution in [3.05, 3.63) is 12.2 Å². The van der Waals surface area contributed by atoms with Crippen LogP contribution in [-0.2, 0) is 38.1 Å². The van der Waals surface area contributed by atoms with Gasteiger partial charge in [-0.05, 0) is 40.5 Å². The SMILES string of the molecule is COC(C)(C)CCOC(C)(C(=O)NCCOCCOCCNC(=O)CCCN1C(=O)C=CC1=O)C(C)N. The van der Waals surface area contributed by atoms with Crippen LogP contribution in [0.15, 0.2) is 12.2 Å². The van der Waals surface area contributed by atoms with E-state index in [9.17, 15) is 19.2 Å². The van der Waals surface area contributed by atoms with Crippen molar-refractivity contribution < 1.29 is 38.1 Å². The van der Waals surface area contributed by atoms with E-state index in [1.165, 1.54) is 12.2 Å². The molecular formula is C25H44N4O8. The first-order valence-corrected chi connectivity index (χ1v) is 12.6. The lowest BCUT2D eigenvalue weighted by Gasteiger charge is -2.33. The van der Waals surface area contributed by atoms with E-state index in [2.05, 4.69) is 10.6 Å². The van der Waals surface area contributed by atoms with Crippen molar-refractivity contribution in [2.45, 2.75) is 64.2 Å². The molecule has 0 aromatic carbocycles. The Morgan fingerprint density at radius 1 is 0.973 bits per heavy atom. The Morgan fingerprint density at radius 2 is 1.54 bits per heavy atom. The number of carbonyl (C=O) groups excluding carboxylic acids is 4. The van der Waals surface area contributed by atoms with E-state index >= 15 is 0 Å². The molecule has 4 amide bonds. The average Bonchev–Trinajstić information content (AvgIpc) is 3.16. The zero-order valence-electron chi connectivity index (χ0n) is 22.8. The average molecular weight is 529 g/mol. The van der Waals surface area contributed by atoms with Gasteiger partial charge in [-0.3, -0.25) is 24.1 Å². The lowest BCUT2D eigenvalue weighted by atomic mass is 9.96. The van der Waals surface area contributed by atoms with Crippen LogP contribution in [0.4, 0.5) is 0 Å². The molecule has 2 atom stereocenters. The van der Waals surface area contributed by atoms with Crippen LogP contribution in [-0.4, -0.2) is 106 Å². The fourth-order valence-corrected chi connectivity index (χ4v) is 3.15. The van der Waals surface area contributed by atoms with Gasteiger partial charge in [-0.25, -0.2) is 0 Å². The molecule has 0 fully saturated rings. The molecule has 0 aliphatic carbocycles. The second kappa shape index (κ2) is 16.5. The van der Waals surface area contributed by atoms with Crippen molar-refractivity contribution in [2.24, 2.45) is 5.73 Å². The van der Waals surface area contributed by atoms with Gasteiger partial charge in [0.25, 0.3) is 17.7 Å². The van der Waals surface area contributed by atoms with Crippen molar-refractivity contribution in [3.8, 4) is 0 Å². The van der Waals surface area contributed by atoms with Crippen molar-refractivity contribution in [2.75, 3.05) is 59.8 Å². The molecule has 4 N–H and O–H groups in total. The van der Waals surface area contributed by atoms with Crippen molar-refractivity contribution >= 4 is 23.6 Å². The highest BCUT2D eigenvalue weighted by Gasteiger charge is 2.38. The second-order valence-electron chi connectivity index (χ2n) is 9.55. The van der Waals surface area contributed by atoms with Gasteiger partial charge in [0.1, 0.15) is 0 Å². The molecular weight excluding hydrogens is 484 g/mol. The number of amides is 4. The van der Waals surface area contributed by atoms with Crippen LogP contribution < -0.4 is 16.4 Å². The van der Waals surface area contributed by atoms with Crippen LogP contribution in [0, 0.1) is 0 Å². The molecule has 212 valence electrons. The number of rotatable bonds is 20. The van der Waals surface area contributed by atoms with E-state index < -0.39 is 11.6 Å². The lowest BCUT2D eigenvalue weighted by Crippen LogP contribution is -2.57. The molecule has 1 rings (SSSR count). The number of carbonyl (C=O) groups is 4. The van der Waals surface area contributed by atoms with E-state index in [-0.39, 0.29) is 42.2 Å². The van der Waals surface area contributed by atoms with Gasteiger partial charge < -0.3 is 35.3 Å². The monoisotopic (exact) mass is 528 g/mol. The van der Waals surface area contributed by atoms with Gasteiger partial charge in [-0.1, -0.05) is 0 Å². The fraction of sp³-hybridized carbons (Fsp3) is 0.760. The predicted molar refractivity (Wildman–Crippen MR) is 136 cm³/mol. The van der Waals surface area contributed by atoms with Gasteiger partial charge in [-0.2, -0.15) is 0 Å². The highest BCUT2D eigenvalue weighted by molar-refractivity contribution is 6.12. The van der Waals surface area contributed by atoms with E-state index in [1.807, 2.05) is 13.8 Å². The molecule has 2 unspecified atom stereocenters. The molecule has 1 heterocycles. The summed E-state index contributed by atoms with van der Waals surface area (Å²) < 4.78 is 22.1. The van der Waals surface area contributed by atoms with Crippen LogP contribution in [0.3, 0.4) is 0 Å². The summed E-state index contributed by atoms with van der Waals surface area (Å²) >= 11 is 0. The summed E-state index contributed by atoms with van der Waals surface area (Å²) in [5.74, 6) is -1.17. The summed E-state index contributed by atoms with van der Waals surface area (Å²) in [6.07, 6.45) is 3.67. The lowest BCUT2D eigenvalue weighted by molar-refractivity contribution is -0.150. The first-order valence-electron chi connectivity index (χ1n) is 12.6. The maximum absolute atomic E-state index is 12.7. The minimum absolute atomic E-state index is 0.173. The molecule has 0 aromatic rings. The van der Waals surface area contributed by atoms with Crippen LogP contribution in [0.1, 0.15) is 47.0 Å². The summed E-state index contributed by atoms with van der Waals surface area (Å²) in [5, 5.41) is 5.51. The summed E-state index contributed by atoms with van der Waals surface area (Å²) in [4.78, 5) is 48.5. The third kappa shape index (κ3) is 12.1. The molecule has 0 saturated heterocycles. The maximum atomic E-state index is 12.7. The van der Waals surface area contributed by atoms with Crippen molar-refractivity contribution in [1.82, 2.24) is 15.5 Å². The summed E-state index contributed by atoms with van der Waals surface area (Å²) in [6, 6.07) is -0.510. The number of methoxy groups -OCH3 is 1. The van der Waals surface area contributed by atoms with E-state index in [4.69, 9.17) is 24.7 Å². The summed E-state index contributed by atoms with van der Waals surface area (Å²) in [5.41, 5.74) is 4.50. The maximum Gasteiger partial charge on any atom is 0.253 e. The number of nitrogens with two attached hydrogens (primary N) is 1. The smallest absolute Gasteiger partial charge is 0.253 e. The minimum atomic E-state index is -1.17. The Morgan fingerprint density at radius 3 is 2.08 bits per heavy atom. The predicted octanol–water partition coefficient (Wildman–Crippen LogP) is -0.105. The van der Waals surface area contributed by atoms with Gasteiger partial charge in [-0.15, -0.1) is 0 Å². The molecule has 0 bridgehead atoms. The zero-order chi connectivity index (χ0) is 27.9. The molecule has 1 aliphatic heterocycles. The van der Waals surface area contributed by atoms with Crippen molar-refractivity contribution in [3.63, 3.8) is 0 Å². The normalized spacial score (nSPS) is 16.1. The van der Waals surface area contributed by atoms with Gasteiger partial charge in [0.2, 0.25) is 5.91 Å². The molecule has 0 saturated carbocycles. The topological polar surface area (TPSA) is 159 Å². The van der Waals surface area contributed by atoms with Crippen LogP contribution in [0.5, 0.6) is 0 Å². The molecule has 12 nitrogen and oxygen atoms in total. The third-order valence-electron chi connectivity index (χ3n) is 6.14. The fourth-order valence-electron chi connectivity index (χ4n) is 3.15. The first-order chi connectivity index (χ1) is 17.4. The zero-order valence-corrected chi connectivity index (χ0v) is 22.8. The Kier molecular flexibility index (Phi) is 14.5. The van der Waals surface area contributed by atoms with E-state index in [0.717, 1.165) is 4.90 Å². The summed E-state index contributed by atoms with van der Waals surface area (Å²) in [6.45, 7) is 9.79. The Hall–Kier alpha value is -2.38. The molecule has 0 radical (unpaired) electrons. The number of hydrogen-bond donors (Lipinski definition) is 3. The van der Waals surface area contributed by atoms with Gasteiger partial charge in [0.05, 0.1) is 38.6 Å². The number of nitrogens with zero attached hydrogens (tertiary/aromatic N) is 1. The van der Waals surface area contributed by atoms with Gasteiger partial charge >= 0.3 is 0 Å². The van der Waals surface area contributed by atoms with Crippen molar-refractivity contribution in [1.29, 1.82) is 0 Å². The quantitative estimate of drug-likeness (QED) is 0.145. The number of hydrogen-bond acceptors (Lipinski definition) is 9. The third-order valence-corrected chi connectivity index (χ3v) is 6.14. The molecule has 0 spiro atoms. The largest absolute Gasteiger partial charge is 0.379 e. The summed E-state index contributed by atoms with van der Waals surface area (Å²) in [7, 11) is 1.63. The molecule has 1 aliphatic rings.